The fraction of sp³-hybridized carbons (Fsp3) is 0.188. The maximum atomic E-state index is 11.9. The van der Waals surface area contributed by atoms with Crippen LogP contribution in [0.15, 0.2) is 42.5 Å². The van der Waals surface area contributed by atoms with Gasteiger partial charge in [0.1, 0.15) is 0 Å². The predicted molar refractivity (Wildman–Crippen MR) is 83.3 cm³/mol. The molecule has 2 aromatic carbocycles. The van der Waals surface area contributed by atoms with Crippen molar-refractivity contribution in [2.24, 2.45) is 0 Å². The van der Waals surface area contributed by atoms with Crippen LogP contribution in [0.5, 0.6) is 11.5 Å². The first-order chi connectivity index (χ1) is 10.1. The molecular weight excluding hydrogens is 290 g/mol. The highest BCUT2D eigenvalue weighted by Gasteiger charge is 2.09. The van der Waals surface area contributed by atoms with Gasteiger partial charge in [-0.1, -0.05) is 29.8 Å². The number of hydrogen-bond donors (Lipinski definition) is 1. The van der Waals surface area contributed by atoms with Crippen molar-refractivity contribution >= 4 is 23.2 Å². The summed E-state index contributed by atoms with van der Waals surface area (Å²) in [5.41, 5.74) is 1.50. The van der Waals surface area contributed by atoms with Gasteiger partial charge in [-0.15, -0.1) is 0 Å². The first-order valence-electron chi connectivity index (χ1n) is 6.42. The Hall–Kier alpha value is -2.20. The van der Waals surface area contributed by atoms with Crippen molar-refractivity contribution < 1.29 is 14.3 Å². The summed E-state index contributed by atoms with van der Waals surface area (Å²) in [5, 5.41) is 3.38. The molecule has 0 bridgehead atoms. The molecule has 110 valence electrons. The van der Waals surface area contributed by atoms with Gasteiger partial charge in [-0.2, -0.15) is 0 Å². The third-order valence-electron chi connectivity index (χ3n) is 2.97. The summed E-state index contributed by atoms with van der Waals surface area (Å²) in [6.45, 7) is 1.74. The lowest BCUT2D eigenvalue weighted by Gasteiger charge is -2.12. The van der Waals surface area contributed by atoms with Gasteiger partial charge in [0.05, 0.1) is 7.11 Å². The van der Waals surface area contributed by atoms with Crippen LogP contribution in [0.1, 0.15) is 5.56 Å². The number of hydrogen-bond acceptors (Lipinski definition) is 3. The number of nitrogens with one attached hydrogen (secondary N) is 1. The molecule has 5 heteroatoms. The number of carbonyl (C=O) groups excluding carboxylic acids is 1. The molecule has 0 heterocycles. The molecule has 0 aliphatic rings. The zero-order chi connectivity index (χ0) is 15.2. The summed E-state index contributed by atoms with van der Waals surface area (Å²) >= 11 is 6.01. The van der Waals surface area contributed by atoms with Gasteiger partial charge in [-0.3, -0.25) is 4.79 Å². The van der Waals surface area contributed by atoms with Crippen LogP contribution in [0.4, 0.5) is 5.69 Å². The number of halogens is 1. The predicted octanol–water partition coefficient (Wildman–Crippen LogP) is 3.67. The summed E-state index contributed by atoms with van der Waals surface area (Å²) in [5.74, 6) is 0.855. The van der Waals surface area contributed by atoms with Gasteiger partial charge >= 0.3 is 0 Å². The maximum Gasteiger partial charge on any atom is 0.262 e. The minimum absolute atomic E-state index is 0.105. The summed E-state index contributed by atoms with van der Waals surface area (Å²) in [6.07, 6.45) is 0. The lowest BCUT2D eigenvalue weighted by molar-refractivity contribution is -0.118. The Morgan fingerprint density at radius 1 is 1.14 bits per heavy atom. The minimum Gasteiger partial charge on any atom is -0.493 e. The number of amides is 1. The summed E-state index contributed by atoms with van der Waals surface area (Å²) < 4.78 is 10.6. The Kier molecular flexibility index (Phi) is 5.06. The highest BCUT2D eigenvalue weighted by Crippen LogP contribution is 2.26. The number of anilines is 1. The van der Waals surface area contributed by atoms with Gasteiger partial charge < -0.3 is 14.8 Å². The molecule has 0 fully saturated rings. The van der Waals surface area contributed by atoms with E-state index in [0.717, 1.165) is 5.56 Å². The normalized spacial score (nSPS) is 10.0. The zero-order valence-corrected chi connectivity index (χ0v) is 12.6. The molecular formula is C16H16ClNO3. The van der Waals surface area contributed by atoms with Crippen molar-refractivity contribution in [2.75, 3.05) is 19.0 Å². The number of para-hydroxylation sites is 2. The topological polar surface area (TPSA) is 47.6 Å². The van der Waals surface area contributed by atoms with E-state index in [1.54, 1.807) is 37.4 Å². The molecule has 0 saturated heterocycles. The average molecular weight is 306 g/mol. The molecule has 4 nitrogen and oxygen atoms in total. The highest BCUT2D eigenvalue weighted by atomic mass is 35.5. The largest absolute Gasteiger partial charge is 0.493 e. The third-order valence-corrected chi connectivity index (χ3v) is 3.38. The molecule has 0 unspecified atom stereocenters. The summed E-state index contributed by atoms with van der Waals surface area (Å²) in [7, 11) is 1.55. The SMILES string of the molecule is COc1ccccc1OCC(=O)Nc1cccc(Cl)c1C. The third kappa shape index (κ3) is 3.89. The maximum absolute atomic E-state index is 11.9. The molecule has 2 aromatic rings. The van der Waals surface area contributed by atoms with Crippen LogP contribution in [0.2, 0.25) is 5.02 Å². The van der Waals surface area contributed by atoms with E-state index in [4.69, 9.17) is 21.1 Å². The standard InChI is InChI=1S/C16H16ClNO3/c1-11-12(17)6-5-7-13(11)18-16(19)10-21-15-9-4-3-8-14(15)20-2/h3-9H,10H2,1-2H3,(H,18,19). The molecule has 0 saturated carbocycles. The van der Waals surface area contributed by atoms with Gasteiger partial charge in [0.25, 0.3) is 5.91 Å². The van der Waals surface area contributed by atoms with Crippen molar-refractivity contribution in [1.29, 1.82) is 0 Å². The highest BCUT2D eigenvalue weighted by molar-refractivity contribution is 6.31. The van der Waals surface area contributed by atoms with E-state index in [9.17, 15) is 4.79 Å². The first kappa shape index (κ1) is 15.2. The lowest BCUT2D eigenvalue weighted by Crippen LogP contribution is -2.20. The molecule has 0 aliphatic heterocycles. The number of rotatable bonds is 5. The van der Waals surface area contributed by atoms with E-state index in [1.165, 1.54) is 0 Å². The number of ether oxygens (including phenoxy) is 2. The van der Waals surface area contributed by atoms with E-state index >= 15 is 0 Å². The van der Waals surface area contributed by atoms with Crippen molar-refractivity contribution in [1.82, 2.24) is 0 Å². The van der Waals surface area contributed by atoms with Crippen LogP contribution < -0.4 is 14.8 Å². The second-order valence-electron chi connectivity index (χ2n) is 4.40. The monoisotopic (exact) mass is 305 g/mol. The second kappa shape index (κ2) is 6.99. The molecule has 0 radical (unpaired) electrons. The van der Waals surface area contributed by atoms with Gasteiger partial charge in [-0.25, -0.2) is 0 Å². The Morgan fingerprint density at radius 2 is 1.86 bits per heavy atom. The molecule has 0 aliphatic carbocycles. The van der Waals surface area contributed by atoms with Crippen molar-refractivity contribution in [3.8, 4) is 11.5 Å². The van der Waals surface area contributed by atoms with Gasteiger partial charge in [0.2, 0.25) is 0 Å². The summed E-state index contributed by atoms with van der Waals surface area (Å²) in [6, 6.07) is 12.5. The lowest BCUT2D eigenvalue weighted by atomic mass is 10.2. The Balaban J connectivity index is 1.98. The van der Waals surface area contributed by atoms with E-state index in [2.05, 4.69) is 5.32 Å². The number of methoxy groups -OCH3 is 1. The van der Waals surface area contributed by atoms with Gasteiger partial charge in [-0.05, 0) is 36.8 Å². The smallest absolute Gasteiger partial charge is 0.262 e. The van der Waals surface area contributed by atoms with Crippen LogP contribution in [0.3, 0.4) is 0 Å². The van der Waals surface area contributed by atoms with Crippen LogP contribution in [0.25, 0.3) is 0 Å². The van der Waals surface area contributed by atoms with Crippen molar-refractivity contribution in [3.05, 3.63) is 53.1 Å². The molecule has 1 amide bonds. The van der Waals surface area contributed by atoms with E-state index in [-0.39, 0.29) is 12.5 Å². The molecule has 0 aromatic heterocycles. The van der Waals surface area contributed by atoms with Crippen molar-refractivity contribution in [3.63, 3.8) is 0 Å². The van der Waals surface area contributed by atoms with Crippen LogP contribution in [0, 0.1) is 6.92 Å². The zero-order valence-electron chi connectivity index (χ0n) is 11.9. The fourth-order valence-corrected chi connectivity index (χ4v) is 1.99. The van der Waals surface area contributed by atoms with E-state index in [0.29, 0.717) is 22.2 Å². The fourth-order valence-electron chi connectivity index (χ4n) is 1.81. The van der Waals surface area contributed by atoms with Crippen LogP contribution in [-0.4, -0.2) is 19.6 Å². The van der Waals surface area contributed by atoms with Crippen LogP contribution >= 0.6 is 11.6 Å². The van der Waals surface area contributed by atoms with Crippen molar-refractivity contribution in [2.45, 2.75) is 6.92 Å². The summed E-state index contributed by atoms with van der Waals surface area (Å²) in [4.78, 5) is 11.9. The molecule has 21 heavy (non-hydrogen) atoms. The van der Waals surface area contributed by atoms with Crippen LogP contribution in [-0.2, 0) is 4.79 Å². The number of carbonyl (C=O) groups is 1. The molecule has 0 spiro atoms. The Morgan fingerprint density at radius 3 is 2.57 bits per heavy atom. The second-order valence-corrected chi connectivity index (χ2v) is 4.81. The minimum atomic E-state index is -0.258. The number of benzene rings is 2. The van der Waals surface area contributed by atoms with E-state index in [1.807, 2.05) is 19.1 Å². The Bertz CT molecular complexity index is 643. The Labute approximate surface area is 128 Å². The van der Waals surface area contributed by atoms with Gasteiger partial charge in [0.15, 0.2) is 18.1 Å². The molecule has 1 N–H and O–H groups in total. The van der Waals surface area contributed by atoms with E-state index < -0.39 is 0 Å². The van der Waals surface area contributed by atoms with Gasteiger partial charge in [0, 0.05) is 10.7 Å². The first-order valence-corrected chi connectivity index (χ1v) is 6.80. The molecule has 2 rings (SSSR count). The quantitative estimate of drug-likeness (QED) is 0.916. The average Bonchev–Trinajstić information content (AvgIpc) is 2.50. The molecule has 0 atom stereocenters.